The van der Waals surface area contributed by atoms with Crippen molar-refractivity contribution in [1.82, 2.24) is 10.2 Å². The molecule has 3 nitrogen and oxygen atoms in total. The highest BCUT2D eigenvalue weighted by Crippen LogP contribution is 2.50. The van der Waals surface area contributed by atoms with Crippen LogP contribution in [0.25, 0.3) is 0 Å². The van der Waals surface area contributed by atoms with Crippen molar-refractivity contribution in [1.29, 1.82) is 0 Å². The summed E-state index contributed by atoms with van der Waals surface area (Å²) in [5, 5.41) is 3.56. The van der Waals surface area contributed by atoms with Crippen molar-refractivity contribution in [3.63, 3.8) is 0 Å². The standard InChI is InChI=1S/C18H31N3.HI/c1-2-19-17(21-11-10-18(13-21)8-3-9-18)20-12-16(14-4-5-14)15-6-7-15;/h14-16H,2-13H2,1H3,(H,19,20);1H. The monoisotopic (exact) mass is 417 g/mol. The fourth-order valence-corrected chi connectivity index (χ4v) is 4.55. The van der Waals surface area contributed by atoms with E-state index in [4.69, 9.17) is 4.99 Å². The van der Waals surface area contributed by atoms with Crippen molar-refractivity contribution >= 4 is 29.9 Å². The van der Waals surface area contributed by atoms with E-state index in [1.807, 2.05) is 0 Å². The second kappa shape index (κ2) is 6.86. The molecule has 0 bridgehead atoms. The summed E-state index contributed by atoms with van der Waals surface area (Å²) in [5.74, 6) is 4.15. The van der Waals surface area contributed by atoms with E-state index in [9.17, 15) is 0 Å². The van der Waals surface area contributed by atoms with Gasteiger partial charge in [0, 0.05) is 26.2 Å². The first-order valence-corrected chi connectivity index (χ1v) is 9.33. The van der Waals surface area contributed by atoms with Crippen LogP contribution in [0, 0.1) is 23.2 Å². The molecule has 1 heterocycles. The number of guanidine groups is 1. The highest BCUT2D eigenvalue weighted by atomic mass is 127. The molecule has 0 aromatic carbocycles. The van der Waals surface area contributed by atoms with Crippen LogP contribution in [0.3, 0.4) is 0 Å². The fraction of sp³-hybridized carbons (Fsp3) is 0.944. The van der Waals surface area contributed by atoms with Crippen molar-refractivity contribution in [3.05, 3.63) is 0 Å². The molecule has 4 heteroatoms. The lowest BCUT2D eigenvalue weighted by molar-refractivity contribution is 0.151. The molecule has 1 saturated heterocycles. The van der Waals surface area contributed by atoms with Crippen LogP contribution in [0.2, 0.25) is 0 Å². The fourth-order valence-electron chi connectivity index (χ4n) is 4.55. The van der Waals surface area contributed by atoms with E-state index in [2.05, 4.69) is 17.1 Å². The van der Waals surface area contributed by atoms with Gasteiger partial charge < -0.3 is 10.2 Å². The highest BCUT2D eigenvalue weighted by Gasteiger charge is 2.44. The van der Waals surface area contributed by atoms with Gasteiger partial charge >= 0.3 is 0 Å². The second-order valence-electron chi connectivity index (χ2n) is 8.06. The Hall–Kier alpha value is 0. The predicted octanol–water partition coefficient (Wildman–Crippen LogP) is 3.88. The molecule has 0 atom stereocenters. The molecule has 4 fully saturated rings. The molecule has 4 rings (SSSR count). The summed E-state index contributed by atoms with van der Waals surface area (Å²) >= 11 is 0. The summed E-state index contributed by atoms with van der Waals surface area (Å²) in [4.78, 5) is 7.63. The normalized spacial score (nSPS) is 27.0. The van der Waals surface area contributed by atoms with E-state index in [0.29, 0.717) is 5.41 Å². The van der Waals surface area contributed by atoms with E-state index >= 15 is 0 Å². The van der Waals surface area contributed by atoms with Crippen LogP contribution in [0.5, 0.6) is 0 Å². The maximum absolute atomic E-state index is 5.07. The zero-order chi connectivity index (χ0) is 14.3. The number of hydrogen-bond donors (Lipinski definition) is 1. The quantitative estimate of drug-likeness (QED) is 0.418. The van der Waals surface area contributed by atoms with Crippen molar-refractivity contribution in [2.75, 3.05) is 26.2 Å². The smallest absolute Gasteiger partial charge is 0.193 e. The molecule has 126 valence electrons. The first kappa shape index (κ1) is 16.8. The average Bonchev–Trinajstić information content (AvgIpc) is 3.36. The number of likely N-dealkylation sites (tertiary alicyclic amines) is 1. The third-order valence-electron chi connectivity index (χ3n) is 6.39. The number of rotatable bonds is 5. The zero-order valence-electron chi connectivity index (χ0n) is 14.0. The maximum atomic E-state index is 5.07. The van der Waals surface area contributed by atoms with Gasteiger partial charge in [-0.25, -0.2) is 0 Å². The third kappa shape index (κ3) is 3.57. The van der Waals surface area contributed by atoms with Crippen molar-refractivity contribution < 1.29 is 0 Å². The van der Waals surface area contributed by atoms with Gasteiger partial charge in [0.25, 0.3) is 0 Å². The SMILES string of the molecule is CCNC(=NCC(C1CC1)C1CC1)N1CCC2(CCC2)C1.I. The van der Waals surface area contributed by atoms with E-state index in [-0.39, 0.29) is 24.0 Å². The Balaban J connectivity index is 0.00000144. The van der Waals surface area contributed by atoms with Gasteiger partial charge in [-0.1, -0.05) is 6.42 Å². The molecule has 1 N–H and O–H groups in total. The molecular weight excluding hydrogens is 385 g/mol. The van der Waals surface area contributed by atoms with E-state index in [1.54, 1.807) is 0 Å². The Kier molecular flexibility index (Phi) is 5.25. The summed E-state index contributed by atoms with van der Waals surface area (Å²) in [6, 6.07) is 0. The first-order valence-electron chi connectivity index (χ1n) is 9.33. The van der Waals surface area contributed by atoms with Crippen LogP contribution in [0.1, 0.15) is 58.3 Å². The van der Waals surface area contributed by atoms with Crippen LogP contribution < -0.4 is 5.32 Å². The number of halogens is 1. The second-order valence-corrected chi connectivity index (χ2v) is 8.06. The molecule has 0 aromatic rings. The van der Waals surface area contributed by atoms with Gasteiger partial charge in [-0.3, -0.25) is 4.99 Å². The summed E-state index contributed by atoms with van der Waals surface area (Å²) in [6.07, 6.45) is 11.6. The number of hydrogen-bond acceptors (Lipinski definition) is 1. The van der Waals surface area contributed by atoms with E-state index < -0.39 is 0 Å². The Labute approximate surface area is 152 Å². The lowest BCUT2D eigenvalue weighted by Gasteiger charge is -2.38. The van der Waals surface area contributed by atoms with Crippen LogP contribution in [-0.2, 0) is 0 Å². The molecular formula is C18H32IN3. The molecule has 0 unspecified atom stereocenters. The van der Waals surface area contributed by atoms with Crippen LogP contribution >= 0.6 is 24.0 Å². The Morgan fingerprint density at radius 1 is 1.18 bits per heavy atom. The first-order chi connectivity index (χ1) is 10.3. The molecule has 4 aliphatic rings. The Morgan fingerprint density at radius 2 is 1.86 bits per heavy atom. The molecule has 1 aliphatic heterocycles. The van der Waals surface area contributed by atoms with Crippen LogP contribution in [-0.4, -0.2) is 37.0 Å². The van der Waals surface area contributed by atoms with E-state index in [0.717, 1.165) is 30.8 Å². The minimum atomic E-state index is 0. The Bertz CT molecular complexity index is 399. The van der Waals surface area contributed by atoms with Crippen molar-refractivity contribution in [2.45, 2.75) is 58.3 Å². The molecule has 0 radical (unpaired) electrons. The largest absolute Gasteiger partial charge is 0.357 e. The summed E-state index contributed by atoms with van der Waals surface area (Å²) < 4.78 is 0. The molecule has 3 aliphatic carbocycles. The van der Waals surface area contributed by atoms with Gasteiger partial charge in [0.2, 0.25) is 0 Å². The molecule has 22 heavy (non-hydrogen) atoms. The summed E-state index contributed by atoms with van der Waals surface area (Å²) in [5.41, 5.74) is 0.669. The molecule has 3 saturated carbocycles. The van der Waals surface area contributed by atoms with Crippen molar-refractivity contribution in [3.8, 4) is 0 Å². The van der Waals surface area contributed by atoms with Crippen LogP contribution in [0.15, 0.2) is 4.99 Å². The van der Waals surface area contributed by atoms with Gasteiger partial charge in [0.15, 0.2) is 5.96 Å². The van der Waals surface area contributed by atoms with Gasteiger partial charge in [0.05, 0.1) is 0 Å². The zero-order valence-corrected chi connectivity index (χ0v) is 16.4. The van der Waals surface area contributed by atoms with Gasteiger partial charge in [-0.15, -0.1) is 24.0 Å². The molecule has 1 spiro atoms. The lowest BCUT2D eigenvalue weighted by Crippen LogP contribution is -2.42. The number of aliphatic imine (C=N–C) groups is 1. The Morgan fingerprint density at radius 3 is 2.32 bits per heavy atom. The maximum Gasteiger partial charge on any atom is 0.193 e. The van der Waals surface area contributed by atoms with Crippen molar-refractivity contribution in [2.24, 2.45) is 28.2 Å². The van der Waals surface area contributed by atoms with Gasteiger partial charge in [0.1, 0.15) is 0 Å². The van der Waals surface area contributed by atoms with E-state index in [1.165, 1.54) is 70.4 Å². The van der Waals surface area contributed by atoms with Gasteiger partial charge in [-0.2, -0.15) is 0 Å². The van der Waals surface area contributed by atoms with Gasteiger partial charge in [-0.05, 0) is 75.0 Å². The van der Waals surface area contributed by atoms with Crippen LogP contribution in [0.4, 0.5) is 0 Å². The average molecular weight is 417 g/mol. The highest BCUT2D eigenvalue weighted by molar-refractivity contribution is 14.0. The minimum Gasteiger partial charge on any atom is -0.357 e. The third-order valence-corrected chi connectivity index (χ3v) is 6.39. The predicted molar refractivity (Wildman–Crippen MR) is 103 cm³/mol. The topological polar surface area (TPSA) is 27.6 Å². The molecule has 0 aromatic heterocycles. The molecule has 0 amide bonds. The summed E-state index contributed by atoms with van der Waals surface area (Å²) in [7, 11) is 0. The number of nitrogens with zero attached hydrogens (tertiary/aromatic N) is 2. The lowest BCUT2D eigenvalue weighted by atomic mass is 9.68. The minimum absolute atomic E-state index is 0. The summed E-state index contributed by atoms with van der Waals surface area (Å²) in [6.45, 7) is 6.77. The number of nitrogens with one attached hydrogen (secondary N) is 1.